The summed E-state index contributed by atoms with van der Waals surface area (Å²) in [6.07, 6.45) is 0. The maximum absolute atomic E-state index is 13.6. The zero-order chi connectivity index (χ0) is 22.9. The summed E-state index contributed by atoms with van der Waals surface area (Å²) in [4.78, 5) is 28.7. The van der Waals surface area contributed by atoms with Crippen molar-refractivity contribution in [2.75, 3.05) is 52.7 Å². The number of methoxy groups -OCH3 is 2. The summed E-state index contributed by atoms with van der Waals surface area (Å²) in [6, 6.07) is 11.7. The number of thioether (sulfide) groups is 1. The number of halogens is 1. The lowest BCUT2D eigenvalue weighted by molar-refractivity contribution is 0.0662. The normalized spacial score (nSPS) is 13.6. The Kier molecular flexibility index (Phi) is 8.61. The minimum atomic E-state index is -0.205. The Bertz CT molecular complexity index is 935. The molecular weight excluding hydrogens is 433 g/mol. The molecule has 2 aromatic rings. The van der Waals surface area contributed by atoms with Crippen LogP contribution in [0.15, 0.2) is 42.5 Å². The van der Waals surface area contributed by atoms with Gasteiger partial charge in [0.2, 0.25) is 0 Å². The smallest absolute Gasteiger partial charge is 0.317 e. The summed E-state index contributed by atoms with van der Waals surface area (Å²) in [5, 5.41) is 2.89. The molecule has 0 unspecified atom stereocenters. The molecule has 7 nitrogen and oxygen atoms in total. The molecular formula is C23H28FN3O4S. The van der Waals surface area contributed by atoms with Crippen molar-refractivity contribution in [1.82, 2.24) is 15.1 Å². The number of hydrogen-bond donors (Lipinski definition) is 1. The Labute approximate surface area is 191 Å². The lowest BCUT2D eigenvalue weighted by atomic mass is 10.1. The van der Waals surface area contributed by atoms with E-state index in [0.717, 1.165) is 0 Å². The monoisotopic (exact) mass is 461 g/mol. The SMILES string of the molecule is COc1ccc(C(=O)N2CCN(C(=O)NCCSCc3ccccc3F)CC2)c(OC)c1. The van der Waals surface area contributed by atoms with Crippen LogP contribution in [0.2, 0.25) is 0 Å². The summed E-state index contributed by atoms with van der Waals surface area (Å²) < 4.78 is 24.1. The molecule has 32 heavy (non-hydrogen) atoms. The standard InChI is InChI=1S/C23H28FN3O4S/c1-30-18-7-8-19(21(15-18)31-2)22(28)26-10-12-27(13-11-26)23(29)25-9-14-32-16-17-5-3-4-6-20(17)24/h3-8,15H,9-14,16H2,1-2H3,(H,25,29). The molecule has 9 heteroatoms. The number of nitrogens with one attached hydrogen (secondary N) is 1. The number of piperazine rings is 1. The van der Waals surface area contributed by atoms with Gasteiger partial charge < -0.3 is 24.6 Å². The van der Waals surface area contributed by atoms with Gasteiger partial charge >= 0.3 is 6.03 Å². The fraction of sp³-hybridized carbons (Fsp3) is 0.391. The summed E-state index contributed by atoms with van der Waals surface area (Å²) in [5.41, 5.74) is 1.14. The minimum absolute atomic E-state index is 0.130. The summed E-state index contributed by atoms with van der Waals surface area (Å²) in [6.45, 7) is 2.31. The molecule has 172 valence electrons. The maximum Gasteiger partial charge on any atom is 0.317 e. The van der Waals surface area contributed by atoms with Crippen molar-refractivity contribution in [2.24, 2.45) is 0 Å². The van der Waals surface area contributed by atoms with Gasteiger partial charge in [-0.2, -0.15) is 11.8 Å². The van der Waals surface area contributed by atoms with Gasteiger partial charge in [-0.1, -0.05) is 18.2 Å². The molecule has 1 heterocycles. The molecule has 1 saturated heterocycles. The molecule has 3 amide bonds. The average molecular weight is 462 g/mol. The molecule has 1 N–H and O–H groups in total. The van der Waals surface area contributed by atoms with Crippen LogP contribution < -0.4 is 14.8 Å². The highest BCUT2D eigenvalue weighted by Gasteiger charge is 2.26. The molecule has 3 rings (SSSR count). The number of benzene rings is 2. The van der Waals surface area contributed by atoms with Crippen LogP contribution in [0.3, 0.4) is 0 Å². The number of carbonyl (C=O) groups is 2. The second-order valence-electron chi connectivity index (χ2n) is 7.22. The van der Waals surface area contributed by atoms with Crippen LogP contribution in [0.5, 0.6) is 11.5 Å². The first-order valence-electron chi connectivity index (χ1n) is 10.4. The minimum Gasteiger partial charge on any atom is -0.497 e. The zero-order valence-corrected chi connectivity index (χ0v) is 19.1. The number of rotatable bonds is 8. The highest BCUT2D eigenvalue weighted by molar-refractivity contribution is 7.98. The number of amides is 3. The molecule has 0 bridgehead atoms. The van der Waals surface area contributed by atoms with Gasteiger partial charge in [-0.25, -0.2) is 9.18 Å². The van der Waals surface area contributed by atoms with Crippen LogP contribution in [-0.2, 0) is 5.75 Å². The molecule has 0 radical (unpaired) electrons. The number of hydrogen-bond acceptors (Lipinski definition) is 5. The van der Waals surface area contributed by atoms with E-state index in [-0.39, 0.29) is 17.8 Å². The van der Waals surface area contributed by atoms with Crippen LogP contribution in [0.25, 0.3) is 0 Å². The first-order valence-corrected chi connectivity index (χ1v) is 11.5. The first kappa shape index (κ1) is 23.7. The molecule has 0 atom stereocenters. The third-order valence-corrected chi connectivity index (χ3v) is 6.24. The van der Waals surface area contributed by atoms with E-state index in [1.54, 1.807) is 59.0 Å². The van der Waals surface area contributed by atoms with Crippen molar-refractivity contribution in [1.29, 1.82) is 0 Å². The third-order valence-electron chi connectivity index (χ3n) is 5.23. The number of ether oxygens (including phenoxy) is 2. The number of carbonyl (C=O) groups excluding carboxylic acids is 2. The lowest BCUT2D eigenvalue weighted by Crippen LogP contribution is -2.53. The molecule has 1 aliphatic heterocycles. The Balaban J connectivity index is 1.40. The van der Waals surface area contributed by atoms with E-state index in [1.807, 2.05) is 6.07 Å². The number of urea groups is 1. The van der Waals surface area contributed by atoms with E-state index in [4.69, 9.17) is 9.47 Å². The molecule has 0 spiro atoms. The fourth-order valence-electron chi connectivity index (χ4n) is 3.40. The van der Waals surface area contributed by atoms with Crippen molar-refractivity contribution >= 4 is 23.7 Å². The second-order valence-corrected chi connectivity index (χ2v) is 8.33. The summed E-state index contributed by atoms with van der Waals surface area (Å²) in [7, 11) is 3.07. The van der Waals surface area contributed by atoms with Crippen LogP contribution >= 0.6 is 11.8 Å². The predicted octanol–water partition coefficient (Wildman–Crippen LogP) is 3.24. The van der Waals surface area contributed by atoms with Gasteiger partial charge in [-0.3, -0.25) is 4.79 Å². The van der Waals surface area contributed by atoms with Gasteiger partial charge in [-0.05, 0) is 23.8 Å². The Hall–Kier alpha value is -2.94. The Morgan fingerprint density at radius 3 is 2.44 bits per heavy atom. The maximum atomic E-state index is 13.6. The van der Waals surface area contributed by atoms with Gasteiger partial charge in [-0.15, -0.1) is 0 Å². The van der Waals surface area contributed by atoms with Crippen LogP contribution in [0.4, 0.5) is 9.18 Å². The van der Waals surface area contributed by atoms with E-state index in [2.05, 4.69) is 5.32 Å². The van der Waals surface area contributed by atoms with Crippen LogP contribution in [-0.4, -0.2) is 74.4 Å². The highest BCUT2D eigenvalue weighted by atomic mass is 32.2. The highest BCUT2D eigenvalue weighted by Crippen LogP contribution is 2.26. The van der Waals surface area contributed by atoms with Crippen molar-refractivity contribution in [3.05, 3.63) is 59.4 Å². The molecule has 2 aromatic carbocycles. The fourth-order valence-corrected chi connectivity index (χ4v) is 4.24. The van der Waals surface area contributed by atoms with E-state index in [0.29, 0.717) is 66.9 Å². The first-order chi connectivity index (χ1) is 15.5. The van der Waals surface area contributed by atoms with Crippen LogP contribution in [0, 0.1) is 5.82 Å². The molecule has 0 saturated carbocycles. The van der Waals surface area contributed by atoms with Crippen LogP contribution in [0.1, 0.15) is 15.9 Å². The Morgan fingerprint density at radius 1 is 1.03 bits per heavy atom. The molecule has 1 aliphatic rings. The Morgan fingerprint density at radius 2 is 1.75 bits per heavy atom. The zero-order valence-electron chi connectivity index (χ0n) is 18.3. The molecule has 1 fully saturated rings. The topological polar surface area (TPSA) is 71.1 Å². The lowest BCUT2D eigenvalue weighted by Gasteiger charge is -2.35. The number of nitrogens with zero attached hydrogens (tertiary/aromatic N) is 2. The van der Waals surface area contributed by atoms with E-state index in [9.17, 15) is 14.0 Å². The van der Waals surface area contributed by atoms with Gasteiger partial charge in [0.1, 0.15) is 17.3 Å². The van der Waals surface area contributed by atoms with Crippen molar-refractivity contribution < 1.29 is 23.5 Å². The third kappa shape index (κ3) is 6.06. The van der Waals surface area contributed by atoms with Gasteiger partial charge in [0.15, 0.2) is 0 Å². The van der Waals surface area contributed by atoms with Gasteiger partial charge in [0, 0.05) is 50.3 Å². The van der Waals surface area contributed by atoms with Crippen molar-refractivity contribution in [3.8, 4) is 11.5 Å². The van der Waals surface area contributed by atoms with E-state index >= 15 is 0 Å². The van der Waals surface area contributed by atoms with Gasteiger partial charge in [0.05, 0.1) is 19.8 Å². The predicted molar refractivity (Wildman–Crippen MR) is 123 cm³/mol. The van der Waals surface area contributed by atoms with E-state index in [1.165, 1.54) is 13.2 Å². The summed E-state index contributed by atoms with van der Waals surface area (Å²) in [5.74, 6) is 2.00. The summed E-state index contributed by atoms with van der Waals surface area (Å²) >= 11 is 1.57. The second kappa shape index (κ2) is 11.6. The van der Waals surface area contributed by atoms with Crippen molar-refractivity contribution in [2.45, 2.75) is 5.75 Å². The largest absolute Gasteiger partial charge is 0.497 e. The molecule has 0 aliphatic carbocycles. The van der Waals surface area contributed by atoms with E-state index < -0.39 is 0 Å². The van der Waals surface area contributed by atoms with Crippen molar-refractivity contribution in [3.63, 3.8) is 0 Å². The van der Waals surface area contributed by atoms with Gasteiger partial charge in [0.25, 0.3) is 5.91 Å². The average Bonchev–Trinajstić information content (AvgIpc) is 2.84. The molecule has 0 aromatic heterocycles. The quantitative estimate of drug-likeness (QED) is 0.611.